The van der Waals surface area contributed by atoms with E-state index in [1.54, 1.807) is 12.1 Å². The highest BCUT2D eigenvalue weighted by atomic mass is 127. The Labute approximate surface area is 124 Å². The number of hydrogen-bond donors (Lipinski definition) is 0. The standard InChI is InChI=1S/C13H6BrF2IO/c14-10-3-2-8(17)6-9(10)13(18)7-1-4-11(15)12(16)5-7/h1-6H. The van der Waals surface area contributed by atoms with E-state index in [0.717, 1.165) is 15.7 Å². The molecule has 0 saturated carbocycles. The van der Waals surface area contributed by atoms with E-state index >= 15 is 0 Å². The quantitative estimate of drug-likeness (QED) is 0.512. The lowest BCUT2D eigenvalue weighted by molar-refractivity contribution is 0.103. The van der Waals surface area contributed by atoms with Crippen molar-refractivity contribution in [3.8, 4) is 0 Å². The van der Waals surface area contributed by atoms with Crippen LogP contribution in [0.5, 0.6) is 0 Å². The molecule has 0 spiro atoms. The van der Waals surface area contributed by atoms with Gasteiger partial charge < -0.3 is 0 Å². The van der Waals surface area contributed by atoms with Crippen LogP contribution in [0.25, 0.3) is 0 Å². The number of benzene rings is 2. The minimum atomic E-state index is -1.03. The Bertz CT molecular complexity index is 628. The van der Waals surface area contributed by atoms with Gasteiger partial charge in [0.1, 0.15) is 0 Å². The molecule has 1 nitrogen and oxygen atoms in total. The van der Waals surface area contributed by atoms with E-state index in [0.29, 0.717) is 10.0 Å². The fourth-order valence-corrected chi connectivity index (χ4v) is 2.38. The summed E-state index contributed by atoms with van der Waals surface area (Å²) in [5, 5.41) is 0. The zero-order valence-corrected chi connectivity index (χ0v) is 12.6. The van der Waals surface area contributed by atoms with Crippen LogP contribution in [-0.2, 0) is 0 Å². The van der Waals surface area contributed by atoms with Gasteiger partial charge in [0, 0.05) is 19.2 Å². The van der Waals surface area contributed by atoms with Crippen molar-refractivity contribution in [1.82, 2.24) is 0 Å². The van der Waals surface area contributed by atoms with Crippen molar-refractivity contribution >= 4 is 44.3 Å². The minimum absolute atomic E-state index is 0.122. The largest absolute Gasteiger partial charge is 0.289 e. The molecular weight excluding hydrogens is 417 g/mol. The topological polar surface area (TPSA) is 17.1 Å². The van der Waals surface area contributed by atoms with Crippen LogP contribution in [0, 0.1) is 15.2 Å². The number of rotatable bonds is 2. The van der Waals surface area contributed by atoms with E-state index in [2.05, 4.69) is 38.5 Å². The zero-order chi connectivity index (χ0) is 13.3. The molecule has 2 aromatic rings. The Hall–Kier alpha value is -0.820. The Morgan fingerprint density at radius 2 is 1.78 bits per heavy atom. The summed E-state index contributed by atoms with van der Waals surface area (Å²) in [6.45, 7) is 0. The minimum Gasteiger partial charge on any atom is -0.289 e. The molecule has 0 atom stereocenters. The normalized spacial score (nSPS) is 10.4. The molecule has 0 aliphatic heterocycles. The van der Waals surface area contributed by atoms with Crippen molar-refractivity contribution in [2.45, 2.75) is 0 Å². The lowest BCUT2D eigenvalue weighted by atomic mass is 10.0. The molecule has 2 rings (SSSR count). The molecule has 0 radical (unpaired) electrons. The molecule has 0 amide bonds. The average molecular weight is 423 g/mol. The Balaban J connectivity index is 2.47. The first-order valence-corrected chi connectivity index (χ1v) is 6.81. The van der Waals surface area contributed by atoms with Crippen LogP contribution in [0.2, 0.25) is 0 Å². The second-order valence-corrected chi connectivity index (χ2v) is 5.68. The van der Waals surface area contributed by atoms with Crippen molar-refractivity contribution in [1.29, 1.82) is 0 Å². The smallest absolute Gasteiger partial charge is 0.194 e. The molecule has 5 heteroatoms. The Kier molecular flexibility index (Phi) is 4.11. The first-order chi connectivity index (χ1) is 8.49. The average Bonchev–Trinajstić information content (AvgIpc) is 2.35. The van der Waals surface area contributed by atoms with Gasteiger partial charge in [-0.1, -0.05) is 15.9 Å². The van der Waals surface area contributed by atoms with Crippen LogP contribution in [-0.4, -0.2) is 5.78 Å². The van der Waals surface area contributed by atoms with Crippen LogP contribution in [0.4, 0.5) is 8.78 Å². The summed E-state index contributed by atoms with van der Waals surface area (Å²) in [4.78, 5) is 12.2. The molecule has 0 saturated heterocycles. The van der Waals surface area contributed by atoms with E-state index in [9.17, 15) is 13.6 Å². The van der Waals surface area contributed by atoms with Gasteiger partial charge in [-0.25, -0.2) is 8.78 Å². The van der Waals surface area contributed by atoms with Gasteiger partial charge in [0.2, 0.25) is 0 Å². The van der Waals surface area contributed by atoms with Crippen LogP contribution >= 0.6 is 38.5 Å². The lowest BCUT2D eigenvalue weighted by Crippen LogP contribution is -2.04. The van der Waals surface area contributed by atoms with Crippen molar-refractivity contribution in [2.24, 2.45) is 0 Å². The Morgan fingerprint density at radius 3 is 2.44 bits per heavy atom. The predicted molar refractivity (Wildman–Crippen MR) is 76.6 cm³/mol. The number of carbonyl (C=O) groups is 1. The molecule has 0 fully saturated rings. The fraction of sp³-hybridized carbons (Fsp3) is 0. The monoisotopic (exact) mass is 422 g/mol. The van der Waals surface area contributed by atoms with Crippen molar-refractivity contribution < 1.29 is 13.6 Å². The molecule has 0 bridgehead atoms. The highest BCUT2D eigenvalue weighted by molar-refractivity contribution is 14.1. The molecule has 0 N–H and O–H groups in total. The van der Waals surface area contributed by atoms with Gasteiger partial charge in [-0.2, -0.15) is 0 Å². The molecule has 0 aliphatic carbocycles. The molecular formula is C13H6BrF2IO. The van der Waals surface area contributed by atoms with Crippen molar-refractivity contribution in [2.75, 3.05) is 0 Å². The highest BCUT2D eigenvalue weighted by Gasteiger charge is 2.15. The lowest BCUT2D eigenvalue weighted by Gasteiger charge is -2.05. The van der Waals surface area contributed by atoms with E-state index in [1.807, 2.05) is 6.07 Å². The molecule has 0 aliphatic rings. The number of ketones is 1. The molecule has 0 heterocycles. The van der Waals surface area contributed by atoms with E-state index < -0.39 is 11.6 Å². The summed E-state index contributed by atoms with van der Waals surface area (Å²) in [7, 11) is 0. The molecule has 92 valence electrons. The summed E-state index contributed by atoms with van der Waals surface area (Å²) in [6.07, 6.45) is 0. The summed E-state index contributed by atoms with van der Waals surface area (Å²) >= 11 is 5.35. The second kappa shape index (κ2) is 5.44. The number of halogens is 4. The van der Waals surface area contributed by atoms with Crippen molar-refractivity contribution in [3.05, 3.63) is 67.2 Å². The van der Waals surface area contributed by atoms with Crippen LogP contribution < -0.4 is 0 Å². The predicted octanol–water partition coefficient (Wildman–Crippen LogP) is 4.56. The van der Waals surface area contributed by atoms with Crippen LogP contribution in [0.3, 0.4) is 0 Å². The molecule has 18 heavy (non-hydrogen) atoms. The maximum atomic E-state index is 13.1. The van der Waals surface area contributed by atoms with Crippen LogP contribution in [0.1, 0.15) is 15.9 Å². The molecule has 2 aromatic carbocycles. The summed E-state index contributed by atoms with van der Waals surface area (Å²) in [5.74, 6) is -2.34. The first-order valence-electron chi connectivity index (χ1n) is 4.94. The van der Waals surface area contributed by atoms with Gasteiger partial charge in [0.05, 0.1) is 0 Å². The number of hydrogen-bond acceptors (Lipinski definition) is 1. The Morgan fingerprint density at radius 1 is 1.06 bits per heavy atom. The van der Waals surface area contributed by atoms with Gasteiger partial charge in [0.15, 0.2) is 17.4 Å². The van der Waals surface area contributed by atoms with Gasteiger partial charge in [-0.05, 0) is 59.0 Å². The first kappa shape index (κ1) is 13.6. The van der Waals surface area contributed by atoms with Gasteiger partial charge >= 0.3 is 0 Å². The molecule has 0 aromatic heterocycles. The van der Waals surface area contributed by atoms with Gasteiger partial charge in [-0.15, -0.1) is 0 Å². The number of carbonyl (C=O) groups excluding carboxylic acids is 1. The maximum Gasteiger partial charge on any atom is 0.194 e. The summed E-state index contributed by atoms with van der Waals surface area (Å²) < 4.78 is 27.4. The third-order valence-electron chi connectivity index (χ3n) is 2.35. The van der Waals surface area contributed by atoms with E-state index in [1.165, 1.54) is 6.07 Å². The van der Waals surface area contributed by atoms with E-state index in [-0.39, 0.29) is 11.3 Å². The summed E-state index contributed by atoms with van der Waals surface area (Å²) in [6, 6.07) is 8.40. The van der Waals surface area contributed by atoms with Crippen LogP contribution in [0.15, 0.2) is 40.9 Å². The summed E-state index contributed by atoms with van der Waals surface area (Å²) in [5.41, 5.74) is 0.546. The van der Waals surface area contributed by atoms with Gasteiger partial charge in [0.25, 0.3) is 0 Å². The van der Waals surface area contributed by atoms with Gasteiger partial charge in [-0.3, -0.25) is 4.79 Å². The third kappa shape index (κ3) is 2.77. The van der Waals surface area contributed by atoms with E-state index in [4.69, 9.17) is 0 Å². The third-order valence-corrected chi connectivity index (χ3v) is 3.72. The highest BCUT2D eigenvalue weighted by Crippen LogP contribution is 2.23. The molecule has 0 unspecified atom stereocenters. The SMILES string of the molecule is O=C(c1ccc(F)c(F)c1)c1cc(I)ccc1Br. The maximum absolute atomic E-state index is 13.1. The fourth-order valence-electron chi connectivity index (χ4n) is 1.46. The van der Waals surface area contributed by atoms with Crippen molar-refractivity contribution in [3.63, 3.8) is 0 Å². The second-order valence-electron chi connectivity index (χ2n) is 3.58. The zero-order valence-electron chi connectivity index (χ0n) is 8.88.